The summed E-state index contributed by atoms with van der Waals surface area (Å²) in [6.07, 6.45) is 5.59. The number of amides is 1. The van der Waals surface area contributed by atoms with Gasteiger partial charge in [0.25, 0.3) is 5.91 Å². The van der Waals surface area contributed by atoms with Crippen molar-refractivity contribution in [2.24, 2.45) is 0 Å². The van der Waals surface area contributed by atoms with Crippen LogP contribution in [0.1, 0.15) is 23.2 Å². The summed E-state index contributed by atoms with van der Waals surface area (Å²) in [5, 5.41) is 3.29. The molecule has 0 radical (unpaired) electrons. The number of carbonyl (C=O) groups excluding carboxylic acids is 1. The van der Waals surface area contributed by atoms with Crippen LogP contribution in [0.3, 0.4) is 0 Å². The Kier molecular flexibility index (Phi) is 3.91. The third-order valence-corrected chi connectivity index (χ3v) is 3.56. The van der Waals surface area contributed by atoms with Gasteiger partial charge in [0.15, 0.2) is 0 Å². The van der Waals surface area contributed by atoms with Gasteiger partial charge in [0.05, 0.1) is 19.0 Å². The Morgan fingerprint density at radius 1 is 1.32 bits per heavy atom. The lowest BCUT2D eigenvalue weighted by Gasteiger charge is -2.17. The molecule has 2 heterocycles. The molecule has 1 N–H and O–H groups in total. The van der Waals surface area contributed by atoms with E-state index < -0.39 is 0 Å². The first kappa shape index (κ1) is 14.3. The van der Waals surface area contributed by atoms with Crippen LogP contribution in [0.25, 0.3) is 0 Å². The first-order valence-electron chi connectivity index (χ1n) is 7.18. The third-order valence-electron chi connectivity index (χ3n) is 3.56. The van der Waals surface area contributed by atoms with Crippen molar-refractivity contribution in [2.75, 3.05) is 24.4 Å². The average Bonchev–Trinajstić information content (AvgIpc) is 3.38. The Hall–Kier alpha value is -2.63. The van der Waals surface area contributed by atoms with E-state index >= 15 is 0 Å². The summed E-state index contributed by atoms with van der Waals surface area (Å²) >= 11 is 0. The van der Waals surface area contributed by atoms with Gasteiger partial charge in [0, 0.05) is 30.9 Å². The minimum atomic E-state index is -0.104. The summed E-state index contributed by atoms with van der Waals surface area (Å²) in [5.41, 5.74) is 1.30. The largest absolute Gasteiger partial charge is 0.481 e. The SMILES string of the molecule is COc1ccc(N(C)C(=O)c2ccnc(NC3CC3)c2)cn1. The number of pyridine rings is 2. The summed E-state index contributed by atoms with van der Waals surface area (Å²) in [5.74, 6) is 1.16. The number of hydrogen-bond donors (Lipinski definition) is 1. The molecule has 6 heteroatoms. The van der Waals surface area contributed by atoms with Crippen LogP contribution in [0.5, 0.6) is 5.88 Å². The van der Waals surface area contributed by atoms with E-state index in [0.29, 0.717) is 23.2 Å². The molecule has 1 aliphatic rings. The molecule has 114 valence electrons. The van der Waals surface area contributed by atoms with Crippen molar-refractivity contribution in [3.63, 3.8) is 0 Å². The molecule has 6 nitrogen and oxygen atoms in total. The van der Waals surface area contributed by atoms with Gasteiger partial charge in [-0.05, 0) is 31.0 Å². The van der Waals surface area contributed by atoms with Crippen LogP contribution in [0.15, 0.2) is 36.7 Å². The predicted molar refractivity (Wildman–Crippen MR) is 84.4 cm³/mol. The van der Waals surface area contributed by atoms with Crippen molar-refractivity contribution in [3.8, 4) is 5.88 Å². The van der Waals surface area contributed by atoms with Gasteiger partial charge in [-0.3, -0.25) is 4.79 Å². The van der Waals surface area contributed by atoms with E-state index in [-0.39, 0.29) is 5.91 Å². The van der Waals surface area contributed by atoms with E-state index in [9.17, 15) is 4.79 Å². The van der Waals surface area contributed by atoms with Crippen LogP contribution in [-0.4, -0.2) is 36.1 Å². The standard InChI is InChI=1S/C16H18N4O2/c1-20(13-5-6-15(22-2)18-10-13)16(21)11-7-8-17-14(9-11)19-12-3-4-12/h5-10,12H,3-4H2,1-2H3,(H,17,19). The van der Waals surface area contributed by atoms with Gasteiger partial charge in [-0.2, -0.15) is 0 Å². The smallest absolute Gasteiger partial charge is 0.258 e. The molecular formula is C16H18N4O2. The van der Waals surface area contributed by atoms with Crippen molar-refractivity contribution < 1.29 is 9.53 Å². The number of hydrogen-bond acceptors (Lipinski definition) is 5. The normalized spacial score (nSPS) is 13.5. The maximum atomic E-state index is 12.6. The predicted octanol–water partition coefficient (Wildman–Crippen LogP) is 2.34. The second-order valence-corrected chi connectivity index (χ2v) is 5.27. The van der Waals surface area contributed by atoms with Crippen LogP contribution < -0.4 is 15.0 Å². The van der Waals surface area contributed by atoms with Gasteiger partial charge < -0.3 is 15.0 Å². The number of rotatable bonds is 5. The first-order chi connectivity index (χ1) is 10.7. The summed E-state index contributed by atoms with van der Waals surface area (Å²) in [4.78, 5) is 22.5. The van der Waals surface area contributed by atoms with Gasteiger partial charge in [-0.1, -0.05) is 0 Å². The molecule has 0 atom stereocenters. The Morgan fingerprint density at radius 2 is 2.14 bits per heavy atom. The molecule has 22 heavy (non-hydrogen) atoms. The topological polar surface area (TPSA) is 67.3 Å². The number of anilines is 2. The molecule has 0 aliphatic heterocycles. The summed E-state index contributed by atoms with van der Waals surface area (Å²) in [7, 11) is 3.28. The Bertz CT molecular complexity index is 668. The fourth-order valence-electron chi connectivity index (χ4n) is 2.08. The molecular weight excluding hydrogens is 280 g/mol. The quantitative estimate of drug-likeness (QED) is 0.917. The third kappa shape index (κ3) is 3.16. The number of nitrogens with zero attached hydrogens (tertiary/aromatic N) is 3. The van der Waals surface area contributed by atoms with Crippen molar-refractivity contribution in [1.82, 2.24) is 9.97 Å². The van der Waals surface area contributed by atoms with Crippen molar-refractivity contribution >= 4 is 17.4 Å². The van der Waals surface area contributed by atoms with Crippen LogP contribution in [0, 0.1) is 0 Å². The van der Waals surface area contributed by atoms with Gasteiger partial charge >= 0.3 is 0 Å². The lowest BCUT2D eigenvalue weighted by molar-refractivity contribution is 0.0993. The molecule has 2 aromatic rings. The highest BCUT2D eigenvalue weighted by atomic mass is 16.5. The highest BCUT2D eigenvalue weighted by Gasteiger charge is 2.22. The van der Waals surface area contributed by atoms with Crippen LogP contribution in [0.2, 0.25) is 0 Å². The maximum absolute atomic E-state index is 12.6. The van der Waals surface area contributed by atoms with Gasteiger partial charge in [-0.25, -0.2) is 9.97 Å². The highest BCUT2D eigenvalue weighted by molar-refractivity contribution is 6.06. The fraction of sp³-hybridized carbons (Fsp3) is 0.312. The molecule has 1 fully saturated rings. The highest BCUT2D eigenvalue weighted by Crippen LogP contribution is 2.24. The molecule has 1 saturated carbocycles. The van der Waals surface area contributed by atoms with Gasteiger partial charge in [-0.15, -0.1) is 0 Å². The summed E-state index contributed by atoms with van der Waals surface area (Å²) in [6, 6.07) is 7.53. The van der Waals surface area contributed by atoms with E-state index in [4.69, 9.17) is 4.74 Å². The van der Waals surface area contributed by atoms with E-state index in [2.05, 4.69) is 15.3 Å². The monoisotopic (exact) mass is 298 g/mol. The molecule has 0 saturated heterocycles. The van der Waals surface area contributed by atoms with Gasteiger partial charge in [0.1, 0.15) is 5.82 Å². The van der Waals surface area contributed by atoms with E-state index in [1.165, 1.54) is 0 Å². The summed E-state index contributed by atoms with van der Waals surface area (Å²) < 4.78 is 5.02. The zero-order chi connectivity index (χ0) is 15.5. The molecule has 1 amide bonds. The van der Waals surface area contributed by atoms with Crippen LogP contribution in [0.4, 0.5) is 11.5 Å². The minimum Gasteiger partial charge on any atom is -0.481 e. The maximum Gasteiger partial charge on any atom is 0.258 e. The minimum absolute atomic E-state index is 0.104. The molecule has 0 bridgehead atoms. The Balaban J connectivity index is 1.76. The second kappa shape index (κ2) is 6.01. The number of ether oxygens (including phenoxy) is 1. The van der Waals surface area contributed by atoms with E-state index in [1.807, 2.05) is 0 Å². The van der Waals surface area contributed by atoms with Gasteiger partial charge in [0.2, 0.25) is 5.88 Å². The van der Waals surface area contributed by atoms with Crippen LogP contribution in [-0.2, 0) is 0 Å². The number of nitrogens with one attached hydrogen (secondary N) is 1. The fourth-order valence-corrected chi connectivity index (χ4v) is 2.08. The lowest BCUT2D eigenvalue weighted by Crippen LogP contribution is -2.26. The Labute approximate surface area is 129 Å². The average molecular weight is 298 g/mol. The lowest BCUT2D eigenvalue weighted by atomic mass is 10.2. The van der Waals surface area contributed by atoms with E-state index in [0.717, 1.165) is 18.7 Å². The Morgan fingerprint density at radius 3 is 2.77 bits per heavy atom. The van der Waals surface area contributed by atoms with Crippen molar-refractivity contribution in [2.45, 2.75) is 18.9 Å². The molecule has 0 unspecified atom stereocenters. The molecule has 1 aliphatic carbocycles. The van der Waals surface area contributed by atoms with Crippen LogP contribution >= 0.6 is 0 Å². The molecule has 0 spiro atoms. The van der Waals surface area contributed by atoms with Crippen molar-refractivity contribution in [3.05, 3.63) is 42.2 Å². The van der Waals surface area contributed by atoms with Crippen molar-refractivity contribution in [1.29, 1.82) is 0 Å². The molecule has 0 aromatic carbocycles. The zero-order valence-electron chi connectivity index (χ0n) is 12.6. The first-order valence-corrected chi connectivity index (χ1v) is 7.18. The number of methoxy groups -OCH3 is 1. The summed E-state index contributed by atoms with van der Waals surface area (Å²) in [6.45, 7) is 0. The number of aromatic nitrogens is 2. The van der Waals surface area contributed by atoms with E-state index in [1.54, 1.807) is 55.7 Å². The zero-order valence-corrected chi connectivity index (χ0v) is 12.6. The molecule has 2 aromatic heterocycles. The second-order valence-electron chi connectivity index (χ2n) is 5.27. The number of carbonyl (C=O) groups is 1. The molecule has 3 rings (SSSR count).